The van der Waals surface area contributed by atoms with E-state index in [1.165, 1.54) is 0 Å². The summed E-state index contributed by atoms with van der Waals surface area (Å²) in [4.78, 5) is 4.60. The highest BCUT2D eigenvalue weighted by Crippen LogP contribution is 2.07. The van der Waals surface area contributed by atoms with Crippen LogP contribution in [-0.4, -0.2) is 19.6 Å². The van der Waals surface area contributed by atoms with E-state index in [9.17, 15) is 0 Å². The highest BCUT2D eigenvalue weighted by molar-refractivity contribution is 14.0. The van der Waals surface area contributed by atoms with Crippen LogP contribution in [0.2, 0.25) is 0 Å². The molecule has 6 heteroatoms. The fourth-order valence-corrected chi connectivity index (χ4v) is 2.08. The zero-order valence-corrected chi connectivity index (χ0v) is 15.9. The maximum absolute atomic E-state index is 5.31. The smallest absolute Gasteiger partial charge is 0.191 e. The Balaban J connectivity index is 0.00000264. The van der Waals surface area contributed by atoms with E-state index in [1.54, 1.807) is 13.4 Å². The molecule has 0 radical (unpaired) electrons. The fraction of sp³-hybridized carbons (Fsp3) is 0.353. The lowest BCUT2D eigenvalue weighted by molar-refractivity contribution is 0.185. The van der Waals surface area contributed by atoms with Crippen LogP contribution in [0.25, 0.3) is 0 Å². The van der Waals surface area contributed by atoms with E-state index in [1.807, 2.05) is 25.1 Å². The van der Waals surface area contributed by atoms with E-state index in [4.69, 9.17) is 9.15 Å². The zero-order valence-electron chi connectivity index (χ0n) is 13.5. The number of hydrogen-bond acceptors (Lipinski definition) is 3. The molecule has 0 aliphatic heterocycles. The van der Waals surface area contributed by atoms with E-state index < -0.39 is 0 Å². The molecule has 2 N–H and O–H groups in total. The summed E-state index contributed by atoms with van der Waals surface area (Å²) in [7, 11) is 1.70. The van der Waals surface area contributed by atoms with Crippen molar-refractivity contribution in [2.24, 2.45) is 4.99 Å². The maximum atomic E-state index is 5.31. The molecule has 2 aromatic rings. The molecule has 0 fully saturated rings. The normalized spacial score (nSPS) is 11.0. The lowest BCUT2D eigenvalue weighted by atomic mass is 10.1. The van der Waals surface area contributed by atoms with Crippen molar-refractivity contribution in [1.29, 1.82) is 0 Å². The van der Waals surface area contributed by atoms with Gasteiger partial charge in [0.05, 0.1) is 26.0 Å². The molecule has 1 heterocycles. The predicted octanol–water partition coefficient (Wildman–Crippen LogP) is 3.30. The Morgan fingerprint density at radius 2 is 2.00 bits per heavy atom. The van der Waals surface area contributed by atoms with Gasteiger partial charge in [-0.05, 0) is 30.2 Å². The Morgan fingerprint density at radius 1 is 1.17 bits per heavy atom. The third-order valence-electron chi connectivity index (χ3n) is 3.08. The Labute approximate surface area is 154 Å². The molecule has 2 rings (SSSR count). The van der Waals surface area contributed by atoms with E-state index in [2.05, 4.69) is 33.8 Å². The van der Waals surface area contributed by atoms with Gasteiger partial charge in [-0.25, -0.2) is 4.99 Å². The van der Waals surface area contributed by atoms with Gasteiger partial charge in [-0.2, -0.15) is 0 Å². The summed E-state index contributed by atoms with van der Waals surface area (Å²) >= 11 is 0. The summed E-state index contributed by atoms with van der Waals surface area (Å²) in [6.45, 7) is 4.71. The number of benzene rings is 1. The molecule has 0 aliphatic rings. The molecule has 1 aromatic heterocycles. The number of guanidine groups is 1. The van der Waals surface area contributed by atoms with Crippen molar-refractivity contribution in [2.75, 3.05) is 13.7 Å². The van der Waals surface area contributed by atoms with Crippen LogP contribution in [-0.2, 0) is 24.4 Å². The third-order valence-corrected chi connectivity index (χ3v) is 3.08. The van der Waals surface area contributed by atoms with Gasteiger partial charge in [-0.15, -0.1) is 24.0 Å². The maximum Gasteiger partial charge on any atom is 0.191 e. The topological polar surface area (TPSA) is 58.8 Å². The van der Waals surface area contributed by atoms with Gasteiger partial charge in [-0.3, -0.25) is 0 Å². The van der Waals surface area contributed by atoms with Crippen molar-refractivity contribution in [3.05, 3.63) is 59.5 Å². The minimum Gasteiger partial charge on any atom is -0.467 e. The number of methoxy groups -OCH3 is 1. The second kappa shape index (κ2) is 11.1. The molecule has 0 aliphatic carbocycles. The Hall–Kier alpha value is -1.54. The summed E-state index contributed by atoms with van der Waals surface area (Å²) in [6, 6.07) is 12.1. The van der Waals surface area contributed by atoms with E-state index >= 15 is 0 Å². The van der Waals surface area contributed by atoms with Crippen molar-refractivity contribution < 1.29 is 9.15 Å². The summed E-state index contributed by atoms with van der Waals surface area (Å²) in [5.41, 5.74) is 2.31. The largest absolute Gasteiger partial charge is 0.467 e. The number of rotatable bonds is 7. The van der Waals surface area contributed by atoms with Crippen LogP contribution < -0.4 is 10.6 Å². The first-order valence-corrected chi connectivity index (χ1v) is 7.43. The third kappa shape index (κ3) is 7.04. The van der Waals surface area contributed by atoms with Gasteiger partial charge in [0, 0.05) is 13.7 Å². The van der Waals surface area contributed by atoms with Crippen molar-refractivity contribution in [1.82, 2.24) is 10.6 Å². The van der Waals surface area contributed by atoms with Crippen molar-refractivity contribution in [3.63, 3.8) is 0 Å². The van der Waals surface area contributed by atoms with E-state index in [0.717, 1.165) is 29.4 Å². The molecular formula is C17H24IN3O2. The Bertz CT molecular complexity index is 585. The van der Waals surface area contributed by atoms with Gasteiger partial charge < -0.3 is 19.8 Å². The second-order valence-electron chi connectivity index (χ2n) is 4.88. The molecule has 0 saturated carbocycles. The molecule has 0 saturated heterocycles. The molecule has 0 bridgehead atoms. The minimum absolute atomic E-state index is 0. The number of nitrogens with one attached hydrogen (secondary N) is 2. The minimum atomic E-state index is 0. The molecule has 1 aromatic carbocycles. The number of ether oxygens (including phenoxy) is 1. The monoisotopic (exact) mass is 429 g/mol. The molecular weight excluding hydrogens is 405 g/mol. The molecule has 0 spiro atoms. The number of furan rings is 1. The average Bonchev–Trinajstić information content (AvgIpc) is 3.04. The lowest BCUT2D eigenvalue weighted by Crippen LogP contribution is -2.36. The van der Waals surface area contributed by atoms with Crippen LogP contribution in [0.3, 0.4) is 0 Å². The first-order chi connectivity index (χ1) is 10.8. The highest BCUT2D eigenvalue weighted by Gasteiger charge is 2.01. The standard InChI is InChI=1S/C17H23N3O2.HI/c1-3-18-17(20-12-16-8-5-9-22-16)19-11-14-6-4-7-15(10-14)13-21-2;/h4-10H,3,11-13H2,1-2H3,(H2,18,19,20);1H. The molecule has 5 nitrogen and oxygen atoms in total. The SMILES string of the molecule is CCNC(=NCc1cccc(COC)c1)NCc1ccco1.I. The summed E-state index contributed by atoms with van der Waals surface area (Å²) < 4.78 is 10.5. The Kier molecular flexibility index (Phi) is 9.39. The number of halogens is 1. The van der Waals surface area contributed by atoms with Gasteiger partial charge >= 0.3 is 0 Å². The molecule has 126 valence electrons. The Morgan fingerprint density at radius 3 is 2.70 bits per heavy atom. The summed E-state index contributed by atoms with van der Waals surface area (Å²) in [6.07, 6.45) is 1.67. The number of nitrogens with zero attached hydrogens (tertiary/aromatic N) is 1. The van der Waals surface area contributed by atoms with Gasteiger partial charge in [0.15, 0.2) is 5.96 Å². The van der Waals surface area contributed by atoms with Gasteiger partial charge in [0.1, 0.15) is 5.76 Å². The lowest BCUT2D eigenvalue weighted by Gasteiger charge is -2.10. The van der Waals surface area contributed by atoms with Crippen molar-refractivity contribution in [2.45, 2.75) is 26.6 Å². The second-order valence-corrected chi connectivity index (χ2v) is 4.88. The summed E-state index contributed by atoms with van der Waals surface area (Å²) in [5.74, 6) is 1.66. The predicted molar refractivity (Wildman–Crippen MR) is 103 cm³/mol. The zero-order chi connectivity index (χ0) is 15.6. The highest BCUT2D eigenvalue weighted by atomic mass is 127. The molecule has 0 atom stereocenters. The summed E-state index contributed by atoms with van der Waals surface area (Å²) in [5, 5.41) is 6.48. The van der Waals surface area contributed by atoms with Crippen LogP contribution in [0.15, 0.2) is 52.1 Å². The quantitative estimate of drug-likeness (QED) is 0.403. The van der Waals surface area contributed by atoms with Crippen LogP contribution >= 0.6 is 24.0 Å². The number of hydrogen-bond donors (Lipinski definition) is 2. The van der Waals surface area contributed by atoms with E-state index in [0.29, 0.717) is 19.7 Å². The van der Waals surface area contributed by atoms with Gasteiger partial charge in [-0.1, -0.05) is 24.3 Å². The van der Waals surface area contributed by atoms with Crippen LogP contribution in [0.4, 0.5) is 0 Å². The van der Waals surface area contributed by atoms with Crippen LogP contribution in [0.5, 0.6) is 0 Å². The molecule has 0 amide bonds. The van der Waals surface area contributed by atoms with Crippen molar-refractivity contribution in [3.8, 4) is 0 Å². The van der Waals surface area contributed by atoms with Gasteiger partial charge in [0.25, 0.3) is 0 Å². The average molecular weight is 429 g/mol. The van der Waals surface area contributed by atoms with Crippen LogP contribution in [0, 0.1) is 0 Å². The first-order valence-electron chi connectivity index (χ1n) is 7.43. The fourth-order valence-electron chi connectivity index (χ4n) is 2.08. The van der Waals surface area contributed by atoms with Gasteiger partial charge in [0.2, 0.25) is 0 Å². The first kappa shape index (κ1) is 19.5. The van der Waals surface area contributed by atoms with E-state index in [-0.39, 0.29) is 24.0 Å². The molecule has 23 heavy (non-hydrogen) atoms. The molecule has 0 unspecified atom stereocenters. The van der Waals surface area contributed by atoms with Crippen LogP contribution in [0.1, 0.15) is 23.8 Å². The van der Waals surface area contributed by atoms with Crippen molar-refractivity contribution >= 4 is 29.9 Å². The number of aliphatic imine (C=N–C) groups is 1.